The van der Waals surface area contributed by atoms with Gasteiger partial charge in [-0.2, -0.15) is 0 Å². The number of nitrogens with zero attached hydrogens (tertiary/aromatic N) is 1. The maximum atomic E-state index is 12.4. The standard InChI is InChI=1S/C45H63NO4/c1-4-6-8-10-12-14-15-17-18-20-35-48-41-30-25-39(26-31-41)29-34-45(47)50-42-32-27-40(28-33-42)37-46-43-23-22-24-44(38(43)3)49-36-21-19-16-13-11-9-7-5-2/h22-34,37H,4-21,35-36H2,1-3H3/b34-29+,46-37?. The van der Waals surface area contributed by atoms with Crippen molar-refractivity contribution in [3.8, 4) is 17.2 Å². The number of carbonyl (C=O) groups is 1. The van der Waals surface area contributed by atoms with Crippen molar-refractivity contribution in [2.75, 3.05) is 13.2 Å². The van der Waals surface area contributed by atoms with Gasteiger partial charge in [0.1, 0.15) is 17.2 Å². The number of hydrogen-bond acceptors (Lipinski definition) is 5. The zero-order valence-electron chi connectivity index (χ0n) is 31.3. The molecular formula is C45H63NO4. The number of rotatable bonds is 27. The maximum absolute atomic E-state index is 12.4. The van der Waals surface area contributed by atoms with Crippen molar-refractivity contribution in [3.63, 3.8) is 0 Å². The molecule has 0 spiro atoms. The minimum atomic E-state index is -0.424. The summed E-state index contributed by atoms with van der Waals surface area (Å²) >= 11 is 0. The molecule has 3 aromatic rings. The Morgan fingerprint density at radius 2 is 1.08 bits per heavy atom. The van der Waals surface area contributed by atoms with Gasteiger partial charge in [0.25, 0.3) is 0 Å². The molecule has 0 N–H and O–H groups in total. The van der Waals surface area contributed by atoms with Crippen LogP contribution in [0.1, 0.15) is 146 Å². The molecule has 3 rings (SSSR count). The van der Waals surface area contributed by atoms with Gasteiger partial charge in [0, 0.05) is 17.9 Å². The molecule has 0 aliphatic heterocycles. The van der Waals surface area contributed by atoms with Crippen LogP contribution in [0.25, 0.3) is 6.08 Å². The first-order valence-electron chi connectivity index (χ1n) is 19.6. The highest BCUT2D eigenvalue weighted by atomic mass is 16.5. The molecule has 0 saturated heterocycles. The number of unbranched alkanes of at least 4 members (excludes halogenated alkanes) is 16. The molecule has 0 aromatic heterocycles. The predicted molar refractivity (Wildman–Crippen MR) is 211 cm³/mol. The van der Waals surface area contributed by atoms with Crippen molar-refractivity contribution in [1.82, 2.24) is 0 Å². The van der Waals surface area contributed by atoms with Crippen molar-refractivity contribution in [3.05, 3.63) is 89.5 Å². The Morgan fingerprint density at radius 3 is 1.66 bits per heavy atom. The number of esters is 1. The van der Waals surface area contributed by atoms with Crippen LogP contribution in [-0.2, 0) is 4.79 Å². The molecule has 0 radical (unpaired) electrons. The summed E-state index contributed by atoms with van der Waals surface area (Å²) < 4.78 is 17.5. The van der Waals surface area contributed by atoms with E-state index in [-0.39, 0.29) is 0 Å². The molecule has 0 saturated carbocycles. The van der Waals surface area contributed by atoms with Crippen LogP contribution >= 0.6 is 0 Å². The molecule has 0 aliphatic carbocycles. The molecule has 50 heavy (non-hydrogen) atoms. The van der Waals surface area contributed by atoms with Gasteiger partial charge in [-0.15, -0.1) is 0 Å². The van der Waals surface area contributed by atoms with Crippen LogP contribution in [0.4, 0.5) is 5.69 Å². The molecule has 0 bridgehead atoms. The molecule has 0 amide bonds. The summed E-state index contributed by atoms with van der Waals surface area (Å²) in [7, 11) is 0. The average molecular weight is 682 g/mol. The van der Waals surface area contributed by atoms with Gasteiger partial charge in [-0.25, -0.2) is 4.79 Å². The lowest BCUT2D eigenvalue weighted by molar-refractivity contribution is -0.128. The van der Waals surface area contributed by atoms with E-state index in [1.807, 2.05) is 67.7 Å². The Labute approximate surface area is 303 Å². The van der Waals surface area contributed by atoms with Crippen LogP contribution in [0.3, 0.4) is 0 Å². The highest BCUT2D eigenvalue weighted by molar-refractivity contribution is 5.89. The van der Waals surface area contributed by atoms with E-state index >= 15 is 0 Å². The van der Waals surface area contributed by atoms with Gasteiger partial charge < -0.3 is 14.2 Å². The van der Waals surface area contributed by atoms with Gasteiger partial charge in [-0.05, 0) is 85.5 Å². The summed E-state index contributed by atoms with van der Waals surface area (Å²) in [4.78, 5) is 17.1. The van der Waals surface area contributed by atoms with Gasteiger partial charge in [0.05, 0.1) is 18.9 Å². The fourth-order valence-electron chi connectivity index (χ4n) is 5.85. The van der Waals surface area contributed by atoms with E-state index in [0.29, 0.717) is 5.75 Å². The lowest BCUT2D eigenvalue weighted by Crippen LogP contribution is -2.03. The molecule has 5 heteroatoms. The summed E-state index contributed by atoms with van der Waals surface area (Å²) in [6, 6.07) is 21.1. The van der Waals surface area contributed by atoms with Crippen LogP contribution in [0, 0.1) is 6.92 Å². The van der Waals surface area contributed by atoms with Gasteiger partial charge in [-0.3, -0.25) is 4.99 Å². The molecule has 0 unspecified atom stereocenters. The van der Waals surface area contributed by atoms with E-state index < -0.39 is 5.97 Å². The average Bonchev–Trinajstić information content (AvgIpc) is 3.13. The highest BCUT2D eigenvalue weighted by Crippen LogP contribution is 2.28. The number of aliphatic imine (C=N–C) groups is 1. The molecule has 272 valence electrons. The van der Waals surface area contributed by atoms with Gasteiger partial charge in [0.2, 0.25) is 0 Å². The Balaban J connectivity index is 1.32. The Hall–Kier alpha value is -3.86. The smallest absolute Gasteiger partial charge is 0.336 e. The topological polar surface area (TPSA) is 57.1 Å². The largest absolute Gasteiger partial charge is 0.494 e. The monoisotopic (exact) mass is 681 g/mol. The van der Waals surface area contributed by atoms with E-state index in [9.17, 15) is 4.79 Å². The SMILES string of the molecule is CCCCCCCCCCCCOc1ccc(/C=C/C(=O)Oc2ccc(C=Nc3cccc(OCCCCCCCCCC)c3C)cc2)cc1. The summed E-state index contributed by atoms with van der Waals surface area (Å²) in [5.41, 5.74) is 3.75. The first-order valence-corrected chi connectivity index (χ1v) is 19.6. The molecular weight excluding hydrogens is 618 g/mol. The number of carbonyl (C=O) groups excluding carboxylic acids is 1. The summed E-state index contributed by atoms with van der Waals surface area (Å²) in [5.74, 6) is 1.81. The van der Waals surface area contributed by atoms with Crippen molar-refractivity contribution in [1.29, 1.82) is 0 Å². The van der Waals surface area contributed by atoms with E-state index in [1.165, 1.54) is 109 Å². The summed E-state index contributed by atoms with van der Waals surface area (Å²) in [5, 5.41) is 0. The van der Waals surface area contributed by atoms with Gasteiger partial charge in [0.15, 0.2) is 0 Å². The van der Waals surface area contributed by atoms with Crippen molar-refractivity contribution in [2.45, 2.75) is 136 Å². The van der Waals surface area contributed by atoms with Crippen LogP contribution in [0.2, 0.25) is 0 Å². The third kappa shape index (κ3) is 17.7. The van der Waals surface area contributed by atoms with Gasteiger partial charge in [-0.1, -0.05) is 135 Å². The van der Waals surface area contributed by atoms with Crippen molar-refractivity contribution >= 4 is 23.9 Å². The maximum Gasteiger partial charge on any atom is 0.336 e. The molecule has 0 heterocycles. The first kappa shape index (κ1) is 40.6. The predicted octanol–water partition coefficient (Wildman–Crippen LogP) is 13.2. The number of ether oxygens (including phenoxy) is 3. The minimum absolute atomic E-state index is 0.424. The van der Waals surface area contributed by atoms with E-state index in [0.717, 1.165) is 59.9 Å². The van der Waals surface area contributed by atoms with E-state index in [2.05, 4.69) is 13.8 Å². The Kier molecular flexibility index (Phi) is 21.1. The summed E-state index contributed by atoms with van der Waals surface area (Å²) in [6.07, 6.45) is 28.4. The molecule has 5 nitrogen and oxygen atoms in total. The second-order valence-electron chi connectivity index (χ2n) is 13.4. The van der Waals surface area contributed by atoms with Crippen LogP contribution in [0.15, 0.2) is 77.8 Å². The molecule has 3 aromatic carbocycles. The zero-order valence-corrected chi connectivity index (χ0v) is 31.3. The molecule has 0 atom stereocenters. The Morgan fingerprint density at radius 1 is 0.580 bits per heavy atom. The van der Waals surface area contributed by atoms with Crippen LogP contribution in [0.5, 0.6) is 17.2 Å². The third-order valence-corrected chi connectivity index (χ3v) is 9.02. The van der Waals surface area contributed by atoms with E-state index in [1.54, 1.807) is 18.2 Å². The Bertz CT molecular complexity index is 1380. The van der Waals surface area contributed by atoms with Crippen molar-refractivity contribution < 1.29 is 19.0 Å². The minimum Gasteiger partial charge on any atom is -0.494 e. The number of hydrogen-bond donors (Lipinski definition) is 0. The summed E-state index contributed by atoms with van der Waals surface area (Å²) in [6.45, 7) is 8.05. The quantitative estimate of drug-likeness (QED) is 0.0264. The number of benzene rings is 3. The lowest BCUT2D eigenvalue weighted by atomic mass is 10.1. The molecule has 0 fully saturated rings. The fourth-order valence-corrected chi connectivity index (χ4v) is 5.85. The van der Waals surface area contributed by atoms with Gasteiger partial charge >= 0.3 is 5.97 Å². The normalized spacial score (nSPS) is 11.4. The van der Waals surface area contributed by atoms with Crippen LogP contribution in [-0.4, -0.2) is 25.4 Å². The van der Waals surface area contributed by atoms with E-state index in [4.69, 9.17) is 19.2 Å². The fraction of sp³-hybridized carbons (Fsp3) is 0.511. The van der Waals surface area contributed by atoms with Crippen LogP contribution < -0.4 is 14.2 Å². The second kappa shape index (κ2) is 26.0. The zero-order chi connectivity index (χ0) is 35.5. The van der Waals surface area contributed by atoms with Crippen molar-refractivity contribution in [2.24, 2.45) is 4.99 Å². The highest BCUT2D eigenvalue weighted by Gasteiger charge is 2.05. The second-order valence-corrected chi connectivity index (χ2v) is 13.4. The third-order valence-electron chi connectivity index (χ3n) is 9.02. The first-order chi connectivity index (χ1) is 24.6. The lowest BCUT2D eigenvalue weighted by Gasteiger charge is -2.10. The molecule has 0 aliphatic rings.